The molecule has 2 unspecified atom stereocenters. The van der Waals surface area contributed by atoms with Crippen LogP contribution in [0.5, 0.6) is 11.5 Å². The first-order chi connectivity index (χ1) is 11.0. The maximum atomic E-state index is 10.5. The Kier molecular flexibility index (Phi) is 5.92. The van der Waals surface area contributed by atoms with Crippen molar-refractivity contribution in [1.29, 1.82) is 0 Å². The summed E-state index contributed by atoms with van der Waals surface area (Å²) in [5.41, 5.74) is 4.11. The van der Waals surface area contributed by atoms with Gasteiger partial charge in [-0.1, -0.05) is 57.0 Å². The molecule has 2 nitrogen and oxygen atoms in total. The van der Waals surface area contributed by atoms with E-state index in [-0.39, 0.29) is 17.4 Å². The van der Waals surface area contributed by atoms with Crippen molar-refractivity contribution < 1.29 is 10.2 Å². The average Bonchev–Trinajstić information content (AvgIpc) is 2.52. The third-order valence-electron chi connectivity index (χ3n) is 5.13. The van der Waals surface area contributed by atoms with Gasteiger partial charge < -0.3 is 10.2 Å². The van der Waals surface area contributed by atoms with Gasteiger partial charge in [0.2, 0.25) is 0 Å². The second kappa shape index (κ2) is 7.72. The third kappa shape index (κ3) is 3.99. The number of rotatable bonds is 6. The van der Waals surface area contributed by atoms with Gasteiger partial charge in [0.05, 0.1) is 0 Å². The van der Waals surface area contributed by atoms with Crippen LogP contribution in [0.15, 0.2) is 35.9 Å². The second-order valence-electron chi connectivity index (χ2n) is 7.00. The summed E-state index contributed by atoms with van der Waals surface area (Å²) in [5, 5.41) is 20.9. The molecule has 0 saturated heterocycles. The molecular formula is C21H30O2. The summed E-state index contributed by atoms with van der Waals surface area (Å²) < 4.78 is 0. The molecule has 0 radical (unpaired) electrons. The molecule has 1 aromatic rings. The normalized spacial score (nSPS) is 21.1. The molecule has 0 heterocycles. The van der Waals surface area contributed by atoms with E-state index in [2.05, 4.69) is 26.5 Å². The van der Waals surface area contributed by atoms with Crippen LogP contribution in [0.1, 0.15) is 69.9 Å². The zero-order valence-electron chi connectivity index (χ0n) is 14.7. The fourth-order valence-corrected chi connectivity index (χ4v) is 3.48. The van der Waals surface area contributed by atoms with Crippen molar-refractivity contribution in [2.45, 2.75) is 65.2 Å². The molecule has 0 fully saturated rings. The molecule has 0 aliphatic heterocycles. The molecule has 1 aromatic carbocycles. The first-order valence-electron chi connectivity index (χ1n) is 8.84. The Labute approximate surface area is 140 Å². The molecule has 2 heteroatoms. The predicted octanol–water partition coefficient (Wildman–Crippen LogP) is 5.85. The molecule has 126 valence electrons. The standard InChI is InChI=1S/C21H30O2/c1-5-6-7-8-16-11-12-18(21(23)20(16)22)19-13-17(14(2)3)10-9-15(19)4/h10-12,15,19,22-23H,2,5-9,13H2,1,3-4H3. The molecule has 23 heavy (non-hydrogen) atoms. The van der Waals surface area contributed by atoms with E-state index in [1.54, 1.807) is 0 Å². The minimum Gasteiger partial charge on any atom is -0.504 e. The zero-order chi connectivity index (χ0) is 17.0. The lowest BCUT2D eigenvalue weighted by Gasteiger charge is -2.30. The number of hydrogen-bond acceptors (Lipinski definition) is 2. The summed E-state index contributed by atoms with van der Waals surface area (Å²) in [7, 11) is 0. The molecule has 2 atom stereocenters. The highest BCUT2D eigenvalue weighted by atomic mass is 16.3. The van der Waals surface area contributed by atoms with Crippen LogP contribution >= 0.6 is 0 Å². The minimum atomic E-state index is 0.0808. The minimum absolute atomic E-state index is 0.0808. The number of benzene rings is 1. The molecule has 2 N–H and O–H groups in total. The smallest absolute Gasteiger partial charge is 0.161 e. The van der Waals surface area contributed by atoms with Crippen LogP contribution in [0.3, 0.4) is 0 Å². The highest BCUT2D eigenvalue weighted by Gasteiger charge is 2.28. The van der Waals surface area contributed by atoms with Crippen molar-refractivity contribution in [3.05, 3.63) is 47.1 Å². The lowest BCUT2D eigenvalue weighted by atomic mass is 9.75. The Morgan fingerprint density at radius 1 is 1.22 bits per heavy atom. The highest BCUT2D eigenvalue weighted by Crippen LogP contribution is 2.45. The Morgan fingerprint density at radius 2 is 1.96 bits per heavy atom. The van der Waals surface area contributed by atoms with E-state index >= 15 is 0 Å². The Balaban J connectivity index is 2.24. The summed E-state index contributed by atoms with van der Waals surface area (Å²) >= 11 is 0. The topological polar surface area (TPSA) is 40.5 Å². The summed E-state index contributed by atoms with van der Waals surface area (Å²) in [4.78, 5) is 0. The van der Waals surface area contributed by atoms with Gasteiger partial charge >= 0.3 is 0 Å². The number of aromatic hydroxyl groups is 2. The lowest BCUT2D eigenvalue weighted by Crippen LogP contribution is -2.15. The zero-order valence-corrected chi connectivity index (χ0v) is 14.7. The number of unbranched alkanes of at least 4 members (excludes halogenated alkanes) is 2. The van der Waals surface area contributed by atoms with Crippen LogP contribution < -0.4 is 0 Å². The van der Waals surface area contributed by atoms with E-state index in [0.29, 0.717) is 5.92 Å². The van der Waals surface area contributed by atoms with Crippen molar-refractivity contribution >= 4 is 0 Å². The summed E-state index contributed by atoms with van der Waals surface area (Å²) in [6.07, 6.45) is 8.31. The first-order valence-corrected chi connectivity index (χ1v) is 8.84. The van der Waals surface area contributed by atoms with Gasteiger partial charge in [-0.3, -0.25) is 0 Å². The molecule has 1 aliphatic rings. The number of phenolic OH excluding ortho intramolecular Hbond substituents is 2. The Hall–Kier alpha value is -1.70. The van der Waals surface area contributed by atoms with E-state index in [4.69, 9.17) is 0 Å². The van der Waals surface area contributed by atoms with E-state index in [9.17, 15) is 10.2 Å². The largest absolute Gasteiger partial charge is 0.504 e. The summed E-state index contributed by atoms with van der Waals surface area (Å²) in [6, 6.07) is 4.00. The number of phenols is 2. The number of allylic oxidation sites excluding steroid dienone is 3. The molecule has 0 aromatic heterocycles. The van der Waals surface area contributed by atoms with Crippen LogP contribution in [-0.4, -0.2) is 10.2 Å². The fourth-order valence-electron chi connectivity index (χ4n) is 3.48. The van der Waals surface area contributed by atoms with Crippen LogP contribution in [-0.2, 0) is 6.42 Å². The maximum absolute atomic E-state index is 10.5. The first kappa shape index (κ1) is 17.7. The monoisotopic (exact) mass is 314 g/mol. The number of hydrogen-bond donors (Lipinski definition) is 2. The Bertz CT molecular complexity index is 598. The average molecular weight is 314 g/mol. The lowest BCUT2D eigenvalue weighted by molar-refractivity contribution is 0.374. The molecule has 0 bridgehead atoms. The van der Waals surface area contributed by atoms with Gasteiger partial charge in [-0.15, -0.1) is 0 Å². The van der Waals surface area contributed by atoms with E-state index in [1.807, 2.05) is 19.1 Å². The van der Waals surface area contributed by atoms with Crippen LogP contribution in [0.25, 0.3) is 0 Å². The maximum Gasteiger partial charge on any atom is 0.161 e. The van der Waals surface area contributed by atoms with Crippen molar-refractivity contribution in [2.24, 2.45) is 5.92 Å². The van der Waals surface area contributed by atoms with Crippen molar-refractivity contribution in [3.8, 4) is 11.5 Å². The molecule has 0 saturated carbocycles. The van der Waals surface area contributed by atoms with Crippen LogP contribution in [0, 0.1) is 5.92 Å². The Morgan fingerprint density at radius 3 is 2.61 bits per heavy atom. The summed E-state index contributed by atoms with van der Waals surface area (Å²) in [6.45, 7) is 10.5. The molecule has 1 aliphatic carbocycles. The van der Waals surface area contributed by atoms with Gasteiger partial charge in [-0.05, 0) is 55.6 Å². The summed E-state index contributed by atoms with van der Waals surface area (Å²) in [5.74, 6) is 0.854. The van der Waals surface area contributed by atoms with E-state index in [0.717, 1.165) is 55.2 Å². The van der Waals surface area contributed by atoms with Gasteiger partial charge in [-0.2, -0.15) is 0 Å². The van der Waals surface area contributed by atoms with Gasteiger partial charge in [0.1, 0.15) is 0 Å². The quantitative estimate of drug-likeness (QED) is 0.511. The molecular weight excluding hydrogens is 284 g/mol. The molecule has 0 spiro atoms. The van der Waals surface area contributed by atoms with E-state index in [1.165, 1.54) is 5.57 Å². The highest BCUT2D eigenvalue weighted by molar-refractivity contribution is 5.52. The predicted molar refractivity (Wildman–Crippen MR) is 97.0 cm³/mol. The van der Waals surface area contributed by atoms with Crippen molar-refractivity contribution in [2.75, 3.05) is 0 Å². The second-order valence-corrected chi connectivity index (χ2v) is 7.00. The van der Waals surface area contributed by atoms with Crippen LogP contribution in [0.2, 0.25) is 0 Å². The van der Waals surface area contributed by atoms with Crippen molar-refractivity contribution in [1.82, 2.24) is 0 Å². The molecule has 0 amide bonds. The van der Waals surface area contributed by atoms with Gasteiger partial charge in [0.25, 0.3) is 0 Å². The fraction of sp³-hybridized carbons (Fsp3) is 0.524. The third-order valence-corrected chi connectivity index (χ3v) is 5.13. The van der Waals surface area contributed by atoms with E-state index < -0.39 is 0 Å². The van der Waals surface area contributed by atoms with Gasteiger partial charge in [0, 0.05) is 5.56 Å². The van der Waals surface area contributed by atoms with Gasteiger partial charge in [-0.25, -0.2) is 0 Å². The SMILES string of the molecule is C=C(C)C1=CCC(C)C(c2ccc(CCCCC)c(O)c2O)C1. The van der Waals surface area contributed by atoms with Gasteiger partial charge in [0.15, 0.2) is 11.5 Å². The molecule has 2 rings (SSSR count). The number of aryl methyl sites for hydroxylation is 1. The van der Waals surface area contributed by atoms with Crippen LogP contribution in [0.4, 0.5) is 0 Å². The van der Waals surface area contributed by atoms with Crippen molar-refractivity contribution in [3.63, 3.8) is 0 Å².